The zero-order valence-electron chi connectivity index (χ0n) is 13.3. The van der Waals surface area contributed by atoms with Crippen LogP contribution in [0.15, 0.2) is 42.5 Å². The van der Waals surface area contributed by atoms with Crippen molar-refractivity contribution in [3.63, 3.8) is 0 Å². The number of ether oxygens (including phenoxy) is 3. The first-order valence-electron chi connectivity index (χ1n) is 7.24. The van der Waals surface area contributed by atoms with E-state index in [1.54, 1.807) is 18.2 Å². The second-order valence-electron chi connectivity index (χ2n) is 4.88. The second kappa shape index (κ2) is 9.40. The Morgan fingerprint density at radius 3 is 2.52 bits per heavy atom. The minimum absolute atomic E-state index is 0.0839. The molecular formula is C17H16F2INO4. The summed E-state index contributed by atoms with van der Waals surface area (Å²) in [6.07, 6.45) is 0. The zero-order chi connectivity index (χ0) is 18.2. The van der Waals surface area contributed by atoms with Gasteiger partial charge in [-0.1, -0.05) is 6.07 Å². The summed E-state index contributed by atoms with van der Waals surface area (Å²) >= 11 is 2.17. The first-order chi connectivity index (χ1) is 12.0. The van der Waals surface area contributed by atoms with E-state index in [1.165, 1.54) is 19.2 Å². The maximum atomic E-state index is 12.4. The van der Waals surface area contributed by atoms with E-state index in [9.17, 15) is 13.6 Å². The van der Waals surface area contributed by atoms with Gasteiger partial charge in [0.15, 0.2) is 18.1 Å². The third-order valence-corrected chi connectivity index (χ3v) is 3.84. The number of nitrogens with one attached hydrogen (secondary N) is 1. The molecule has 0 atom stereocenters. The zero-order valence-corrected chi connectivity index (χ0v) is 15.5. The van der Waals surface area contributed by atoms with Gasteiger partial charge >= 0.3 is 6.61 Å². The lowest BCUT2D eigenvalue weighted by molar-refractivity contribution is -0.123. The highest BCUT2D eigenvalue weighted by Gasteiger charge is 2.12. The molecule has 134 valence electrons. The molecule has 0 radical (unpaired) electrons. The van der Waals surface area contributed by atoms with E-state index in [2.05, 4.69) is 32.6 Å². The molecule has 0 spiro atoms. The van der Waals surface area contributed by atoms with E-state index in [1.807, 2.05) is 12.1 Å². The summed E-state index contributed by atoms with van der Waals surface area (Å²) in [4.78, 5) is 11.8. The van der Waals surface area contributed by atoms with E-state index >= 15 is 0 Å². The summed E-state index contributed by atoms with van der Waals surface area (Å²) < 4.78 is 40.6. The molecule has 8 heteroatoms. The van der Waals surface area contributed by atoms with Crippen molar-refractivity contribution in [2.24, 2.45) is 0 Å². The van der Waals surface area contributed by atoms with Crippen molar-refractivity contribution in [1.29, 1.82) is 0 Å². The summed E-state index contributed by atoms with van der Waals surface area (Å²) in [6, 6.07) is 11.8. The second-order valence-corrected chi connectivity index (χ2v) is 6.13. The molecule has 2 aromatic carbocycles. The van der Waals surface area contributed by atoms with Crippen molar-refractivity contribution in [2.75, 3.05) is 13.7 Å². The first-order valence-corrected chi connectivity index (χ1v) is 8.32. The Morgan fingerprint density at radius 2 is 1.88 bits per heavy atom. The number of hydrogen-bond acceptors (Lipinski definition) is 4. The number of carbonyl (C=O) groups excluding carboxylic acids is 1. The van der Waals surface area contributed by atoms with Gasteiger partial charge in [-0.2, -0.15) is 8.78 Å². The highest BCUT2D eigenvalue weighted by atomic mass is 127. The fraction of sp³-hybridized carbons (Fsp3) is 0.235. The van der Waals surface area contributed by atoms with Crippen LogP contribution in [0, 0.1) is 3.57 Å². The van der Waals surface area contributed by atoms with E-state index < -0.39 is 6.61 Å². The number of rotatable bonds is 8. The Hall–Kier alpha value is -2.10. The number of amides is 1. The molecule has 25 heavy (non-hydrogen) atoms. The maximum Gasteiger partial charge on any atom is 0.387 e. The van der Waals surface area contributed by atoms with Gasteiger partial charge in [-0.25, -0.2) is 0 Å². The minimum atomic E-state index is -2.96. The molecule has 5 nitrogen and oxygen atoms in total. The molecule has 0 saturated carbocycles. The topological polar surface area (TPSA) is 56.8 Å². The third kappa shape index (κ3) is 6.37. The smallest absolute Gasteiger partial charge is 0.387 e. The molecule has 0 aromatic heterocycles. The largest absolute Gasteiger partial charge is 0.493 e. The van der Waals surface area contributed by atoms with Crippen LogP contribution in [0.4, 0.5) is 8.78 Å². The van der Waals surface area contributed by atoms with Gasteiger partial charge in [0.2, 0.25) is 0 Å². The molecule has 2 rings (SSSR count). The van der Waals surface area contributed by atoms with Crippen LogP contribution in [0.3, 0.4) is 0 Å². The fourth-order valence-electron chi connectivity index (χ4n) is 1.95. The summed E-state index contributed by atoms with van der Waals surface area (Å²) in [5.74, 6) is 0.370. The normalized spacial score (nSPS) is 10.4. The minimum Gasteiger partial charge on any atom is -0.493 e. The van der Waals surface area contributed by atoms with Crippen molar-refractivity contribution in [3.05, 3.63) is 51.6 Å². The number of methoxy groups -OCH3 is 1. The Balaban J connectivity index is 1.87. The molecule has 1 amide bonds. The van der Waals surface area contributed by atoms with Gasteiger partial charge in [-0.3, -0.25) is 4.79 Å². The van der Waals surface area contributed by atoms with E-state index in [0.29, 0.717) is 11.3 Å². The Labute approximate surface area is 157 Å². The molecule has 0 unspecified atom stereocenters. The highest BCUT2D eigenvalue weighted by Crippen LogP contribution is 2.29. The number of hydrogen-bond donors (Lipinski definition) is 1. The lowest BCUT2D eigenvalue weighted by atomic mass is 10.2. The van der Waals surface area contributed by atoms with Crippen LogP contribution in [0.25, 0.3) is 0 Å². The summed E-state index contributed by atoms with van der Waals surface area (Å²) in [5, 5.41) is 2.65. The van der Waals surface area contributed by atoms with Crippen LogP contribution in [0.2, 0.25) is 0 Å². The number of benzene rings is 2. The van der Waals surface area contributed by atoms with Gasteiger partial charge in [-0.15, -0.1) is 0 Å². The Kier molecular flexibility index (Phi) is 7.23. The molecule has 0 saturated heterocycles. The average Bonchev–Trinajstić information content (AvgIpc) is 2.59. The SMILES string of the molecule is COc1ccc(CNC(=O)COc2ccc(I)cc2)cc1OC(F)F. The summed E-state index contributed by atoms with van der Waals surface area (Å²) in [6.45, 7) is -2.95. The first kappa shape index (κ1) is 19.2. The Bertz CT molecular complexity index is 710. The van der Waals surface area contributed by atoms with Crippen molar-refractivity contribution in [3.8, 4) is 17.2 Å². The number of carbonyl (C=O) groups is 1. The van der Waals surface area contributed by atoms with Crippen molar-refractivity contribution in [1.82, 2.24) is 5.32 Å². The van der Waals surface area contributed by atoms with E-state index in [4.69, 9.17) is 9.47 Å². The molecule has 0 fully saturated rings. The lowest BCUT2D eigenvalue weighted by Gasteiger charge is -2.12. The molecule has 0 aliphatic heterocycles. The average molecular weight is 463 g/mol. The molecular weight excluding hydrogens is 447 g/mol. The van der Waals surface area contributed by atoms with Gasteiger partial charge < -0.3 is 19.5 Å². The van der Waals surface area contributed by atoms with Gasteiger partial charge in [0.05, 0.1) is 7.11 Å². The standard InChI is InChI=1S/C17H16F2INO4/c1-23-14-7-2-11(8-15(14)25-17(18)19)9-21-16(22)10-24-13-5-3-12(20)4-6-13/h2-8,17H,9-10H2,1H3,(H,21,22). The summed E-state index contributed by atoms with van der Waals surface area (Å²) in [5.41, 5.74) is 0.596. The van der Waals surface area contributed by atoms with Crippen molar-refractivity contribution in [2.45, 2.75) is 13.2 Å². The molecule has 0 heterocycles. The van der Waals surface area contributed by atoms with Crippen LogP contribution >= 0.6 is 22.6 Å². The van der Waals surface area contributed by atoms with Gasteiger partial charge in [0.25, 0.3) is 5.91 Å². The van der Waals surface area contributed by atoms with Crippen LogP contribution < -0.4 is 19.5 Å². The Morgan fingerprint density at radius 1 is 1.16 bits per heavy atom. The molecule has 0 bridgehead atoms. The lowest BCUT2D eigenvalue weighted by Crippen LogP contribution is -2.28. The van der Waals surface area contributed by atoms with Gasteiger partial charge in [-0.05, 0) is 64.6 Å². The van der Waals surface area contributed by atoms with Crippen molar-refractivity contribution >= 4 is 28.5 Å². The molecule has 1 N–H and O–H groups in total. The van der Waals surface area contributed by atoms with Gasteiger partial charge in [0.1, 0.15) is 5.75 Å². The molecule has 0 aliphatic carbocycles. The van der Waals surface area contributed by atoms with Crippen LogP contribution in [-0.4, -0.2) is 26.2 Å². The maximum absolute atomic E-state index is 12.4. The van der Waals surface area contributed by atoms with E-state index in [0.717, 1.165) is 3.57 Å². The summed E-state index contributed by atoms with van der Waals surface area (Å²) in [7, 11) is 1.36. The third-order valence-electron chi connectivity index (χ3n) is 3.12. The monoisotopic (exact) mass is 463 g/mol. The van der Waals surface area contributed by atoms with Crippen LogP contribution in [-0.2, 0) is 11.3 Å². The predicted octanol–water partition coefficient (Wildman–Crippen LogP) is 3.60. The predicted molar refractivity (Wildman–Crippen MR) is 96.1 cm³/mol. The highest BCUT2D eigenvalue weighted by molar-refractivity contribution is 14.1. The molecule has 2 aromatic rings. The number of alkyl halides is 2. The van der Waals surface area contributed by atoms with E-state index in [-0.39, 0.29) is 30.6 Å². The van der Waals surface area contributed by atoms with Crippen molar-refractivity contribution < 1.29 is 27.8 Å². The van der Waals surface area contributed by atoms with Crippen LogP contribution in [0.1, 0.15) is 5.56 Å². The quantitative estimate of drug-likeness (QED) is 0.609. The van der Waals surface area contributed by atoms with Gasteiger partial charge in [0, 0.05) is 10.1 Å². The van der Waals surface area contributed by atoms with Crippen LogP contribution in [0.5, 0.6) is 17.2 Å². The number of halogens is 3. The fourth-order valence-corrected chi connectivity index (χ4v) is 2.31. The molecule has 0 aliphatic rings.